The van der Waals surface area contributed by atoms with E-state index in [-0.39, 0.29) is 11.7 Å². The molecule has 0 amide bonds. The van der Waals surface area contributed by atoms with E-state index in [1.54, 1.807) is 19.2 Å². The number of rotatable bonds is 11. The zero-order chi connectivity index (χ0) is 15.5. The van der Waals surface area contributed by atoms with Crippen LogP contribution in [-0.2, 0) is 9.47 Å². The van der Waals surface area contributed by atoms with Crippen LogP contribution in [-0.4, -0.2) is 39.5 Å². The van der Waals surface area contributed by atoms with Gasteiger partial charge >= 0.3 is 0 Å². The summed E-state index contributed by atoms with van der Waals surface area (Å²) >= 11 is 0. The minimum absolute atomic E-state index is 0.178. The van der Waals surface area contributed by atoms with E-state index in [0.717, 1.165) is 31.6 Å². The smallest absolute Gasteiger partial charge is 0.123 e. The van der Waals surface area contributed by atoms with E-state index in [0.29, 0.717) is 19.3 Å². The number of methoxy groups -OCH3 is 1. The number of hydrogen-bond donors (Lipinski definition) is 1. The highest BCUT2D eigenvalue weighted by Gasteiger charge is 2.12. The molecule has 0 bridgehead atoms. The van der Waals surface area contributed by atoms with Crippen molar-refractivity contribution in [2.75, 3.05) is 33.5 Å². The molecule has 1 aromatic rings. The first kappa shape index (κ1) is 18.1. The van der Waals surface area contributed by atoms with Gasteiger partial charge in [0.1, 0.15) is 5.82 Å². The number of benzene rings is 1. The predicted molar refractivity (Wildman–Crippen MR) is 84.2 cm³/mol. The lowest BCUT2D eigenvalue weighted by molar-refractivity contribution is 0.0979. The van der Waals surface area contributed by atoms with Gasteiger partial charge in [-0.15, -0.1) is 0 Å². The second kappa shape index (κ2) is 10.7. The monoisotopic (exact) mass is 297 g/mol. The quantitative estimate of drug-likeness (QED) is 0.635. The predicted octanol–water partition coefficient (Wildman–Crippen LogP) is 3.35. The van der Waals surface area contributed by atoms with Crippen LogP contribution in [0.4, 0.5) is 4.39 Å². The molecule has 0 aliphatic heterocycles. The molecule has 0 saturated carbocycles. The molecule has 4 heteroatoms. The Morgan fingerprint density at radius 2 is 2.00 bits per heavy atom. The van der Waals surface area contributed by atoms with Crippen LogP contribution < -0.4 is 5.32 Å². The molecule has 0 fully saturated rings. The summed E-state index contributed by atoms with van der Waals surface area (Å²) < 4.78 is 24.0. The Morgan fingerprint density at radius 1 is 1.19 bits per heavy atom. The highest BCUT2D eigenvalue weighted by Crippen LogP contribution is 2.20. The van der Waals surface area contributed by atoms with Gasteiger partial charge in [0, 0.05) is 39.5 Å². The molecular formula is C17H28FNO2. The first-order valence-corrected chi connectivity index (χ1v) is 7.69. The van der Waals surface area contributed by atoms with Gasteiger partial charge in [-0.2, -0.15) is 0 Å². The van der Waals surface area contributed by atoms with Crippen LogP contribution in [0.25, 0.3) is 0 Å². The van der Waals surface area contributed by atoms with E-state index in [1.807, 2.05) is 6.07 Å². The van der Waals surface area contributed by atoms with E-state index in [9.17, 15) is 4.39 Å². The third kappa shape index (κ3) is 8.15. The van der Waals surface area contributed by atoms with E-state index >= 15 is 0 Å². The Hall–Kier alpha value is -0.970. The molecule has 0 aliphatic carbocycles. The van der Waals surface area contributed by atoms with Crippen LogP contribution in [0.15, 0.2) is 24.3 Å². The molecule has 1 aromatic carbocycles. The van der Waals surface area contributed by atoms with Crippen molar-refractivity contribution < 1.29 is 13.9 Å². The number of nitrogens with one attached hydrogen (secondary N) is 1. The Balaban J connectivity index is 2.45. The van der Waals surface area contributed by atoms with Gasteiger partial charge in [0.2, 0.25) is 0 Å². The topological polar surface area (TPSA) is 30.5 Å². The van der Waals surface area contributed by atoms with E-state index in [4.69, 9.17) is 9.47 Å². The SMILES string of the molecule is COCCCOCCC(CNC(C)C)c1cccc(F)c1. The summed E-state index contributed by atoms with van der Waals surface area (Å²) in [5, 5.41) is 3.43. The van der Waals surface area contributed by atoms with Crippen molar-refractivity contribution in [2.45, 2.75) is 38.6 Å². The molecule has 1 unspecified atom stereocenters. The molecule has 21 heavy (non-hydrogen) atoms. The lowest BCUT2D eigenvalue weighted by atomic mass is 9.95. The Kier molecular flexibility index (Phi) is 9.22. The number of ether oxygens (including phenoxy) is 2. The fourth-order valence-corrected chi connectivity index (χ4v) is 2.16. The maximum absolute atomic E-state index is 13.4. The summed E-state index contributed by atoms with van der Waals surface area (Å²) in [6.45, 7) is 7.19. The Labute approximate surface area is 127 Å². The minimum Gasteiger partial charge on any atom is -0.385 e. The molecule has 1 atom stereocenters. The van der Waals surface area contributed by atoms with Crippen molar-refractivity contribution in [3.8, 4) is 0 Å². The standard InChI is InChI=1S/C17H28FNO2/c1-14(2)19-13-16(8-11-21-10-5-9-20-3)15-6-4-7-17(18)12-15/h4,6-7,12,14,16,19H,5,8-11,13H2,1-3H3. The van der Waals surface area contributed by atoms with Gasteiger partial charge in [-0.1, -0.05) is 26.0 Å². The minimum atomic E-state index is -0.178. The fourth-order valence-electron chi connectivity index (χ4n) is 2.16. The molecule has 0 spiro atoms. The van der Waals surface area contributed by atoms with Crippen LogP contribution in [0.3, 0.4) is 0 Å². The van der Waals surface area contributed by atoms with Gasteiger partial charge in [-0.25, -0.2) is 4.39 Å². The summed E-state index contributed by atoms with van der Waals surface area (Å²) in [4.78, 5) is 0. The maximum atomic E-state index is 13.4. The van der Waals surface area contributed by atoms with Gasteiger partial charge < -0.3 is 14.8 Å². The first-order valence-electron chi connectivity index (χ1n) is 7.69. The van der Waals surface area contributed by atoms with Crippen LogP contribution in [0.2, 0.25) is 0 Å². The number of hydrogen-bond acceptors (Lipinski definition) is 3. The molecule has 0 saturated heterocycles. The highest BCUT2D eigenvalue weighted by atomic mass is 19.1. The number of halogens is 1. The highest BCUT2D eigenvalue weighted by molar-refractivity contribution is 5.21. The second-order valence-corrected chi connectivity index (χ2v) is 5.56. The van der Waals surface area contributed by atoms with E-state index < -0.39 is 0 Å². The van der Waals surface area contributed by atoms with Crippen molar-refractivity contribution in [1.29, 1.82) is 0 Å². The van der Waals surface area contributed by atoms with Gasteiger partial charge in [0.05, 0.1) is 0 Å². The molecular weight excluding hydrogens is 269 g/mol. The van der Waals surface area contributed by atoms with Gasteiger partial charge in [-0.05, 0) is 36.5 Å². The lowest BCUT2D eigenvalue weighted by Crippen LogP contribution is -2.28. The van der Waals surface area contributed by atoms with Crippen molar-refractivity contribution in [3.05, 3.63) is 35.6 Å². The molecule has 3 nitrogen and oxygen atoms in total. The molecule has 0 heterocycles. The third-order valence-corrected chi connectivity index (χ3v) is 3.34. The molecule has 120 valence electrons. The Bertz CT molecular complexity index is 385. The first-order chi connectivity index (χ1) is 10.1. The summed E-state index contributed by atoms with van der Waals surface area (Å²) in [5.41, 5.74) is 1.03. The Morgan fingerprint density at radius 3 is 2.67 bits per heavy atom. The maximum Gasteiger partial charge on any atom is 0.123 e. The normalized spacial score (nSPS) is 12.8. The second-order valence-electron chi connectivity index (χ2n) is 5.56. The summed E-state index contributed by atoms with van der Waals surface area (Å²) in [6, 6.07) is 7.28. The third-order valence-electron chi connectivity index (χ3n) is 3.34. The molecule has 0 radical (unpaired) electrons. The van der Waals surface area contributed by atoms with Crippen molar-refractivity contribution >= 4 is 0 Å². The average Bonchev–Trinajstić information content (AvgIpc) is 2.45. The van der Waals surface area contributed by atoms with Gasteiger partial charge in [0.25, 0.3) is 0 Å². The zero-order valence-corrected chi connectivity index (χ0v) is 13.4. The molecule has 0 aromatic heterocycles. The van der Waals surface area contributed by atoms with Crippen molar-refractivity contribution in [2.24, 2.45) is 0 Å². The van der Waals surface area contributed by atoms with Crippen molar-refractivity contribution in [3.63, 3.8) is 0 Å². The summed E-state index contributed by atoms with van der Waals surface area (Å²) in [6.07, 6.45) is 1.79. The lowest BCUT2D eigenvalue weighted by Gasteiger charge is -2.20. The largest absolute Gasteiger partial charge is 0.385 e. The average molecular weight is 297 g/mol. The van der Waals surface area contributed by atoms with Crippen LogP contribution in [0.5, 0.6) is 0 Å². The van der Waals surface area contributed by atoms with Crippen LogP contribution in [0.1, 0.15) is 38.2 Å². The van der Waals surface area contributed by atoms with Crippen molar-refractivity contribution in [1.82, 2.24) is 5.32 Å². The van der Waals surface area contributed by atoms with E-state index in [1.165, 1.54) is 6.07 Å². The molecule has 1 rings (SSSR count). The van der Waals surface area contributed by atoms with E-state index in [2.05, 4.69) is 19.2 Å². The van der Waals surface area contributed by atoms with Gasteiger partial charge in [0.15, 0.2) is 0 Å². The molecule has 0 aliphatic rings. The summed E-state index contributed by atoms with van der Waals surface area (Å²) in [7, 11) is 1.69. The van der Waals surface area contributed by atoms with Gasteiger partial charge in [-0.3, -0.25) is 0 Å². The zero-order valence-electron chi connectivity index (χ0n) is 13.4. The van der Waals surface area contributed by atoms with Crippen LogP contribution >= 0.6 is 0 Å². The fraction of sp³-hybridized carbons (Fsp3) is 0.647. The van der Waals surface area contributed by atoms with Crippen LogP contribution in [0, 0.1) is 5.82 Å². The summed E-state index contributed by atoms with van der Waals surface area (Å²) in [5.74, 6) is 0.0913. The molecule has 1 N–H and O–H groups in total.